The van der Waals surface area contributed by atoms with E-state index in [0.29, 0.717) is 40.6 Å². The van der Waals surface area contributed by atoms with Gasteiger partial charge in [-0.1, -0.05) is 12.1 Å². The molecule has 0 bridgehead atoms. The van der Waals surface area contributed by atoms with Gasteiger partial charge in [-0.3, -0.25) is 9.59 Å². The highest BCUT2D eigenvalue weighted by Crippen LogP contribution is 2.33. The molecule has 2 aromatic carbocycles. The molecule has 1 atom stereocenters. The summed E-state index contributed by atoms with van der Waals surface area (Å²) in [5, 5.41) is 17.6. The molecule has 1 aromatic heterocycles. The number of hydrogen-bond acceptors (Lipinski definition) is 8. The van der Waals surface area contributed by atoms with Gasteiger partial charge in [0.2, 0.25) is 0 Å². The minimum absolute atomic E-state index is 0.182. The van der Waals surface area contributed by atoms with Gasteiger partial charge in [-0.05, 0) is 44.2 Å². The predicted octanol–water partition coefficient (Wildman–Crippen LogP) is 3.51. The van der Waals surface area contributed by atoms with Gasteiger partial charge >= 0.3 is 17.8 Å². The van der Waals surface area contributed by atoms with Crippen LogP contribution in [0.15, 0.2) is 65.5 Å². The first-order chi connectivity index (χ1) is 18.2. The molecular weight excluding hydrogens is 492 g/mol. The standard InChI is InChI=1S/C27H28N4O7/c1-27(2,10-11-37-22-13-20(26(34)35)30-19-7-5-4-6-17(19)22)31-25(33)24(32)29-16-8-9-18(21(12-16)36-3)23-14-28-15-38-23/h4-9,12-15,20,30H,10-11H2,1-3H3,(H,29,32)(H,31,33)(H,34,35). The van der Waals surface area contributed by atoms with E-state index in [0.717, 1.165) is 5.56 Å². The Labute approximate surface area is 218 Å². The lowest BCUT2D eigenvalue weighted by Crippen LogP contribution is -2.48. The number of nitrogens with zero attached hydrogens (tertiary/aromatic N) is 1. The molecule has 11 nitrogen and oxygen atoms in total. The Morgan fingerprint density at radius 1 is 1.13 bits per heavy atom. The van der Waals surface area contributed by atoms with Crippen molar-refractivity contribution >= 4 is 34.9 Å². The fourth-order valence-corrected chi connectivity index (χ4v) is 3.89. The van der Waals surface area contributed by atoms with Gasteiger partial charge in [-0.15, -0.1) is 0 Å². The smallest absolute Gasteiger partial charge is 0.330 e. The molecule has 0 saturated heterocycles. The van der Waals surface area contributed by atoms with Crippen molar-refractivity contribution in [3.63, 3.8) is 0 Å². The molecule has 11 heteroatoms. The number of carboxylic acid groups (broad SMARTS) is 1. The van der Waals surface area contributed by atoms with Crippen molar-refractivity contribution in [3.8, 4) is 17.1 Å². The van der Waals surface area contributed by atoms with Crippen LogP contribution < -0.4 is 20.7 Å². The van der Waals surface area contributed by atoms with E-state index in [1.165, 1.54) is 19.6 Å². The summed E-state index contributed by atoms with van der Waals surface area (Å²) in [5.74, 6) is -1.29. The molecule has 4 N–H and O–H groups in total. The number of aromatic nitrogens is 1. The maximum atomic E-state index is 12.6. The number of carbonyl (C=O) groups excluding carboxylic acids is 2. The van der Waals surface area contributed by atoms with Gasteiger partial charge < -0.3 is 34.9 Å². The second kappa shape index (κ2) is 11.1. The molecular formula is C27H28N4O7. The van der Waals surface area contributed by atoms with Gasteiger partial charge in [0, 0.05) is 35.0 Å². The van der Waals surface area contributed by atoms with Crippen molar-refractivity contribution in [2.24, 2.45) is 0 Å². The number of hydrogen-bond donors (Lipinski definition) is 4. The number of aliphatic carboxylic acids is 1. The molecule has 3 aromatic rings. The van der Waals surface area contributed by atoms with E-state index >= 15 is 0 Å². The van der Waals surface area contributed by atoms with E-state index in [1.807, 2.05) is 12.1 Å². The molecule has 2 amide bonds. The fourth-order valence-electron chi connectivity index (χ4n) is 3.89. The van der Waals surface area contributed by atoms with Gasteiger partial charge in [0.25, 0.3) is 0 Å². The highest BCUT2D eigenvalue weighted by molar-refractivity contribution is 6.39. The highest BCUT2D eigenvalue weighted by atomic mass is 16.5. The SMILES string of the molecule is COc1cc(NC(=O)C(=O)NC(C)(C)CCOC2=CC(C(=O)O)Nc3ccccc32)ccc1-c1cnco1. The Hall–Kier alpha value is -4.80. The first kappa shape index (κ1) is 26.3. The number of para-hydroxylation sites is 1. The lowest BCUT2D eigenvalue weighted by atomic mass is 10.0. The molecule has 2 heterocycles. The molecule has 4 rings (SSSR count). The first-order valence-electron chi connectivity index (χ1n) is 11.8. The van der Waals surface area contributed by atoms with Crippen LogP contribution in [0.3, 0.4) is 0 Å². The van der Waals surface area contributed by atoms with Crippen LogP contribution in [0.2, 0.25) is 0 Å². The molecule has 1 aliphatic heterocycles. The zero-order chi connectivity index (χ0) is 27.3. The molecule has 0 fully saturated rings. The summed E-state index contributed by atoms with van der Waals surface area (Å²) in [5.41, 5.74) is 1.63. The second-order valence-electron chi connectivity index (χ2n) is 9.21. The Kier molecular flexibility index (Phi) is 7.66. The highest BCUT2D eigenvalue weighted by Gasteiger charge is 2.27. The van der Waals surface area contributed by atoms with Gasteiger partial charge in [0.15, 0.2) is 12.2 Å². The van der Waals surface area contributed by atoms with E-state index < -0.39 is 29.4 Å². The molecule has 0 radical (unpaired) electrons. The largest absolute Gasteiger partial charge is 0.496 e. The molecule has 1 unspecified atom stereocenters. The third-order valence-electron chi connectivity index (χ3n) is 5.89. The number of rotatable bonds is 9. The molecule has 0 aliphatic carbocycles. The van der Waals surface area contributed by atoms with Gasteiger partial charge in [0.05, 0.1) is 25.5 Å². The zero-order valence-electron chi connectivity index (χ0n) is 21.1. The van der Waals surface area contributed by atoms with Crippen LogP contribution >= 0.6 is 0 Å². The number of amides is 2. The van der Waals surface area contributed by atoms with Gasteiger partial charge in [-0.2, -0.15) is 0 Å². The maximum Gasteiger partial charge on any atom is 0.330 e. The van der Waals surface area contributed by atoms with Crippen molar-refractivity contribution < 1.29 is 33.4 Å². The van der Waals surface area contributed by atoms with Crippen molar-refractivity contribution in [2.45, 2.75) is 31.8 Å². The van der Waals surface area contributed by atoms with E-state index in [9.17, 15) is 19.5 Å². The molecule has 38 heavy (non-hydrogen) atoms. The normalized spacial score (nSPS) is 14.4. The van der Waals surface area contributed by atoms with Crippen LogP contribution in [-0.4, -0.2) is 53.2 Å². The third-order valence-corrected chi connectivity index (χ3v) is 5.89. The van der Waals surface area contributed by atoms with Crippen molar-refractivity contribution in [2.75, 3.05) is 24.4 Å². The number of carbonyl (C=O) groups is 3. The van der Waals surface area contributed by atoms with Crippen LogP contribution in [0, 0.1) is 0 Å². The lowest BCUT2D eigenvalue weighted by Gasteiger charge is -2.28. The van der Waals surface area contributed by atoms with Gasteiger partial charge in [0.1, 0.15) is 17.6 Å². The summed E-state index contributed by atoms with van der Waals surface area (Å²) in [6, 6.07) is 11.2. The number of methoxy groups -OCH3 is 1. The molecule has 198 valence electrons. The van der Waals surface area contributed by atoms with E-state index in [-0.39, 0.29) is 6.61 Å². The van der Waals surface area contributed by atoms with Crippen molar-refractivity contribution in [1.82, 2.24) is 10.3 Å². The Balaban J connectivity index is 1.33. The third kappa shape index (κ3) is 6.12. The number of ether oxygens (including phenoxy) is 2. The number of oxazole rings is 1. The summed E-state index contributed by atoms with van der Waals surface area (Å²) < 4.78 is 16.6. The summed E-state index contributed by atoms with van der Waals surface area (Å²) in [6.45, 7) is 3.71. The number of nitrogens with one attached hydrogen (secondary N) is 3. The van der Waals surface area contributed by atoms with Crippen molar-refractivity contribution in [3.05, 3.63) is 66.7 Å². The molecule has 1 aliphatic rings. The minimum atomic E-state index is -1.02. The molecule has 0 spiro atoms. The number of fused-ring (bicyclic) bond motifs is 1. The fraction of sp³-hybridized carbons (Fsp3) is 0.259. The quantitative estimate of drug-likeness (QED) is 0.311. The first-order valence-corrected chi connectivity index (χ1v) is 11.8. The topological polar surface area (TPSA) is 152 Å². The predicted molar refractivity (Wildman–Crippen MR) is 139 cm³/mol. The number of carboxylic acids is 1. The Morgan fingerprint density at radius 3 is 2.63 bits per heavy atom. The minimum Gasteiger partial charge on any atom is -0.496 e. The summed E-state index contributed by atoms with van der Waals surface area (Å²) in [4.78, 5) is 40.6. The van der Waals surface area contributed by atoms with Crippen LogP contribution in [-0.2, 0) is 19.1 Å². The Morgan fingerprint density at radius 2 is 1.92 bits per heavy atom. The second-order valence-corrected chi connectivity index (χ2v) is 9.21. The van der Waals surface area contributed by atoms with E-state index in [1.54, 1.807) is 50.4 Å². The number of anilines is 2. The maximum absolute atomic E-state index is 12.6. The van der Waals surface area contributed by atoms with Crippen LogP contribution in [0.4, 0.5) is 11.4 Å². The van der Waals surface area contributed by atoms with Crippen LogP contribution in [0.1, 0.15) is 25.8 Å². The van der Waals surface area contributed by atoms with Crippen LogP contribution in [0.5, 0.6) is 5.75 Å². The van der Waals surface area contributed by atoms with E-state index in [4.69, 9.17) is 13.9 Å². The summed E-state index contributed by atoms with van der Waals surface area (Å²) >= 11 is 0. The van der Waals surface area contributed by atoms with E-state index in [2.05, 4.69) is 20.9 Å². The Bertz CT molecular complexity index is 1370. The van der Waals surface area contributed by atoms with Crippen molar-refractivity contribution in [1.29, 1.82) is 0 Å². The number of benzene rings is 2. The average Bonchev–Trinajstić information content (AvgIpc) is 3.42. The van der Waals surface area contributed by atoms with Crippen LogP contribution in [0.25, 0.3) is 17.1 Å². The average molecular weight is 521 g/mol. The van der Waals surface area contributed by atoms with Gasteiger partial charge in [-0.25, -0.2) is 9.78 Å². The molecule has 0 saturated carbocycles. The lowest BCUT2D eigenvalue weighted by molar-refractivity contribution is -0.137. The monoisotopic (exact) mass is 520 g/mol. The summed E-state index contributed by atoms with van der Waals surface area (Å²) in [6.07, 6.45) is 4.71. The zero-order valence-corrected chi connectivity index (χ0v) is 21.1. The summed E-state index contributed by atoms with van der Waals surface area (Å²) in [7, 11) is 1.48.